The summed E-state index contributed by atoms with van der Waals surface area (Å²) in [6.45, 7) is 2.22. The molecular formula is C19H19N5O2S. The number of para-hydroxylation sites is 1. The Morgan fingerprint density at radius 3 is 2.41 bits per heavy atom. The fourth-order valence-corrected chi connectivity index (χ4v) is 3.49. The maximum absolute atomic E-state index is 12.8. The van der Waals surface area contributed by atoms with Gasteiger partial charge >= 0.3 is 6.03 Å². The van der Waals surface area contributed by atoms with Crippen molar-refractivity contribution < 1.29 is 9.59 Å². The molecule has 0 saturated heterocycles. The van der Waals surface area contributed by atoms with Gasteiger partial charge in [0, 0.05) is 12.2 Å². The van der Waals surface area contributed by atoms with Crippen molar-refractivity contribution in [3.05, 3.63) is 72.6 Å². The molecule has 7 nitrogen and oxygen atoms in total. The first kappa shape index (κ1) is 18.7. The number of imide groups is 1. The highest BCUT2D eigenvalue weighted by Gasteiger charge is 2.26. The summed E-state index contributed by atoms with van der Waals surface area (Å²) < 4.78 is 1.81. The molecule has 1 heterocycles. The molecule has 0 radical (unpaired) electrons. The molecule has 0 aliphatic rings. The molecule has 0 aliphatic carbocycles. The largest absolute Gasteiger partial charge is 0.338 e. The van der Waals surface area contributed by atoms with Crippen molar-refractivity contribution in [2.24, 2.45) is 0 Å². The molecule has 1 atom stereocenters. The second-order valence-corrected chi connectivity index (χ2v) is 6.65. The van der Waals surface area contributed by atoms with Gasteiger partial charge in [-0.25, -0.2) is 4.79 Å². The molecule has 0 bridgehead atoms. The Morgan fingerprint density at radius 2 is 1.74 bits per heavy atom. The second-order valence-electron chi connectivity index (χ2n) is 5.58. The quantitative estimate of drug-likeness (QED) is 0.641. The number of thioether (sulfide) groups is 1. The van der Waals surface area contributed by atoms with Gasteiger partial charge in [-0.05, 0) is 24.6 Å². The Balaban J connectivity index is 1.88. The van der Waals surface area contributed by atoms with Crippen LogP contribution >= 0.6 is 11.8 Å². The number of carbonyl (C=O) groups excluding carboxylic acids is 2. The number of rotatable bonds is 6. The lowest BCUT2D eigenvalue weighted by Crippen LogP contribution is -2.41. The van der Waals surface area contributed by atoms with E-state index < -0.39 is 17.2 Å². The molecule has 3 rings (SSSR count). The molecule has 8 heteroatoms. The lowest BCUT2D eigenvalue weighted by molar-refractivity contribution is -0.119. The van der Waals surface area contributed by atoms with Crippen molar-refractivity contribution in [1.82, 2.24) is 25.4 Å². The van der Waals surface area contributed by atoms with Gasteiger partial charge in [0.05, 0.1) is 0 Å². The first-order valence-electron chi connectivity index (χ1n) is 8.44. The molecule has 138 valence electrons. The normalized spacial score (nSPS) is 11.6. The molecule has 3 aromatic rings. The predicted octanol–water partition coefficient (Wildman–Crippen LogP) is 2.95. The standard InChI is InChI=1S/C19H19N5O2S/c1-2-20-18(26)22-17(25)16(14-9-5-3-6-10-14)27-19-23-21-13-24(19)15-11-7-4-8-12-15/h3-13,16H,2H2,1H3,(H2,20,22,25,26). The van der Waals surface area contributed by atoms with E-state index in [0.717, 1.165) is 11.3 Å². The van der Waals surface area contributed by atoms with E-state index in [4.69, 9.17) is 0 Å². The Bertz CT molecular complexity index is 899. The zero-order chi connectivity index (χ0) is 19.1. The fourth-order valence-electron chi connectivity index (χ4n) is 2.46. The minimum atomic E-state index is -0.652. The number of hydrogen-bond donors (Lipinski definition) is 2. The van der Waals surface area contributed by atoms with Crippen LogP contribution in [0.1, 0.15) is 17.7 Å². The molecule has 1 aromatic heterocycles. The van der Waals surface area contributed by atoms with Gasteiger partial charge in [-0.2, -0.15) is 0 Å². The number of benzene rings is 2. The maximum atomic E-state index is 12.8. The van der Waals surface area contributed by atoms with Gasteiger partial charge in [0.15, 0.2) is 5.16 Å². The van der Waals surface area contributed by atoms with Crippen LogP contribution in [0.2, 0.25) is 0 Å². The third kappa shape index (κ3) is 4.73. The number of amides is 3. The van der Waals surface area contributed by atoms with Crippen LogP contribution in [0.3, 0.4) is 0 Å². The molecule has 3 amide bonds. The summed E-state index contributed by atoms with van der Waals surface area (Å²) in [5, 5.41) is 13.0. The van der Waals surface area contributed by atoms with Crippen LogP contribution < -0.4 is 10.6 Å². The summed E-state index contributed by atoms with van der Waals surface area (Å²) in [6, 6.07) is 18.4. The molecule has 2 aromatic carbocycles. The molecule has 27 heavy (non-hydrogen) atoms. The van der Waals surface area contributed by atoms with Gasteiger partial charge in [-0.15, -0.1) is 10.2 Å². The summed E-state index contributed by atoms with van der Waals surface area (Å²) >= 11 is 1.24. The number of aromatic nitrogens is 3. The highest BCUT2D eigenvalue weighted by Crippen LogP contribution is 2.35. The topological polar surface area (TPSA) is 88.9 Å². The number of carbonyl (C=O) groups is 2. The molecule has 0 fully saturated rings. The smallest absolute Gasteiger partial charge is 0.321 e. The monoisotopic (exact) mass is 381 g/mol. The van der Waals surface area contributed by atoms with E-state index in [0.29, 0.717) is 11.7 Å². The van der Waals surface area contributed by atoms with E-state index in [1.54, 1.807) is 17.8 Å². The molecule has 0 saturated carbocycles. The zero-order valence-corrected chi connectivity index (χ0v) is 15.5. The van der Waals surface area contributed by atoms with Crippen LogP contribution in [-0.4, -0.2) is 33.2 Å². The first-order chi connectivity index (χ1) is 13.2. The maximum Gasteiger partial charge on any atom is 0.321 e. The third-order valence-electron chi connectivity index (χ3n) is 3.69. The minimum Gasteiger partial charge on any atom is -0.338 e. The van der Waals surface area contributed by atoms with Crippen molar-refractivity contribution in [3.8, 4) is 5.69 Å². The van der Waals surface area contributed by atoms with Gasteiger partial charge in [0.25, 0.3) is 0 Å². The lowest BCUT2D eigenvalue weighted by atomic mass is 10.1. The van der Waals surface area contributed by atoms with Crippen molar-refractivity contribution in [3.63, 3.8) is 0 Å². The highest BCUT2D eigenvalue weighted by molar-refractivity contribution is 8.00. The van der Waals surface area contributed by atoms with Crippen LogP contribution in [0.4, 0.5) is 4.79 Å². The van der Waals surface area contributed by atoms with E-state index in [-0.39, 0.29) is 0 Å². The number of nitrogens with zero attached hydrogens (tertiary/aromatic N) is 3. The van der Waals surface area contributed by atoms with E-state index in [1.807, 2.05) is 60.7 Å². The van der Waals surface area contributed by atoms with Crippen molar-refractivity contribution in [1.29, 1.82) is 0 Å². The predicted molar refractivity (Wildman–Crippen MR) is 104 cm³/mol. The summed E-state index contributed by atoms with van der Waals surface area (Å²) in [6.07, 6.45) is 1.60. The minimum absolute atomic E-state index is 0.417. The Labute approximate surface area is 161 Å². The van der Waals surface area contributed by atoms with Crippen LogP contribution in [-0.2, 0) is 4.79 Å². The number of hydrogen-bond acceptors (Lipinski definition) is 5. The summed E-state index contributed by atoms with van der Waals surface area (Å²) in [5.41, 5.74) is 1.66. The molecule has 0 aliphatic heterocycles. The van der Waals surface area contributed by atoms with Gasteiger partial charge in [0.2, 0.25) is 5.91 Å². The number of urea groups is 1. The average Bonchev–Trinajstić information content (AvgIpc) is 3.16. The Morgan fingerprint density at radius 1 is 1.07 bits per heavy atom. The van der Waals surface area contributed by atoms with E-state index in [9.17, 15) is 9.59 Å². The highest BCUT2D eigenvalue weighted by atomic mass is 32.2. The summed E-state index contributed by atoms with van der Waals surface area (Å²) in [5.74, 6) is -0.417. The molecule has 0 spiro atoms. The van der Waals surface area contributed by atoms with E-state index in [2.05, 4.69) is 20.8 Å². The van der Waals surface area contributed by atoms with Crippen molar-refractivity contribution in [2.45, 2.75) is 17.3 Å². The molecule has 2 N–H and O–H groups in total. The van der Waals surface area contributed by atoms with E-state index >= 15 is 0 Å². The van der Waals surface area contributed by atoms with Crippen LogP contribution in [0.5, 0.6) is 0 Å². The third-order valence-corrected chi connectivity index (χ3v) is 4.90. The van der Waals surface area contributed by atoms with Gasteiger partial charge in [-0.1, -0.05) is 60.3 Å². The lowest BCUT2D eigenvalue weighted by Gasteiger charge is -2.16. The van der Waals surface area contributed by atoms with Crippen LogP contribution in [0.25, 0.3) is 5.69 Å². The number of nitrogens with one attached hydrogen (secondary N) is 2. The fraction of sp³-hybridized carbons (Fsp3) is 0.158. The summed E-state index contributed by atoms with van der Waals surface area (Å²) in [7, 11) is 0. The van der Waals surface area contributed by atoms with Crippen molar-refractivity contribution >= 4 is 23.7 Å². The summed E-state index contributed by atoms with van der Waals surface area (Å²) in [4.78, 5) is 24.5. The van der Waals surface area contributed by atoms with Crippen LogP contribution in [0, 0.1) is 0 Å². The first-order valence-corrected chi connectivity index (χ1v) is 9.32. The Kier molecular flexibility index (Phi) is 6.22. The zero-order valence-electron chi connectivity index (χ0n) is 14.7. The second kappa shape index (κ2) is 9.00. The van der Waals surface area contributed by atoms with Gasteiger partial charge < -0.3 is 5.32 Å². The average molecular weight is 381 g/mol. The van der Waals surface area contributed by atoms with Crippen LogP contribution in [0.15, 0.2) is 72.1 Å². The Hall–Kier alpha value is -3.13. The van der Waals surface area contributed by atoms with Gasteiger partial charge in [0.1, 0.15) is 11.6 Å². The van der Waals surface area contributed by atoms with E-state index in [1.165, 1.54) is 11.8 Å². The molecular weight excluding hydrogens is 362 g/mol. The van der Waals surface area contributed by atoms with Crippen molar-refractivity contribution in [2.75, 3.05) is 6.54 Å². The SMILES string of the molecule is CCNC(=O)NC(=O)C(Sc1nncn1-c1ccccc1)c1ccccc1. The molecule has 1 unspecified atom stereocenters. The van der Waals surface area contributed by atoms with Gasteiger partial charge in [-0.3, -0.25) is 14.7 Å².